The molecule has 17 heavy (non-hydrogen) atoms. The smallest absolute Gasteiger partial charge is 0.286 e. The molecule has 0 unspecified atom stereocenters. The van der Waals surface area contributed by atoms with Crippen LogP contribution in [0.2, 0.25) is 0 Å². The van der Waals surface area contributed by atoms with Crippen molar-refractivity contribution in [2.45, 2.75) is 33.1 Å². The molecule has 1 amide bonds. The fourth-order valence-corrected chi connectivity index (χ4v) is 1.37. The van der Waals surface area contributed by atoms with Crippen LogP contribution in [0.25, 0.3) is 0 Å². The summed E-state index contributed by atoms with van der Waals surface area (Å²) < 4.78 is 10.6. The molecular formula is C13H21NO3. The fourth-order valence-electron chi connectivity index (χ4n) is 1.37. The van der Waals surface area contributed by atoms with Crippen LogP contribution in [0.15, 0.2) is 16.5 Å². The van der Waals surface area contributed by atoms with E-state index < -0.39 is 0 Å². The average molecular weight is 239 g/mol. The third-order valence-electron chi connectivity index (χ3n) is 2.36. The maximum Gasteiger partial charge on any atom is 0.286 e. The predicted molar refractivity (Wildman–Crippen MR) is 66.1 cm³/mol. The van der Waals surface area contributed by atoms with E-state index in [1.54, 1.807) is 12.1 Å². The number of furan rings is 1. The molecule has 0 aromatic carbocycles. The summed E-state index contributed by atoms with van der Waals surface area (Å²) in [7, 11) is 0. The second-order valence-electron chi connectivity index (χ2n) is 3.99. The highest BCUT2D eigenvalue weighted by Crippen LogP contribution is 2.05. The SMILES string of the molecule is CCCCOCCCNC(=O)c1ccc(C)o1. The Kier molecular flexibility index (Phi) is 6.40. The second kappa shape index (κ2) is 7.90. The lowest BCUT2D eigenvalue weighted by Crippen LogP contribution is -2.24. The number of carbonyl (C=O) groups is 1. The molecule has 1 rings (SSSR count). The van der Waals surface area contributed by atoms with E-state index in [2.05, 4.69) is 12.2 Å². The molecule has 0 atom stereocenters. The minimum Gasteiger partial charge on any atom is -0.456 e. The summed E-state index contributed by atoms with van der Waals surface area (Å²) in [6.07, 6.45) is 3.07. The van der Waals surface area contributed by atoms with E-state index in [1.165, 1.54) is 0 Å². The van der Waals surface area contributed by atoms with Gasteiger partial charge in [0.2, 0.25) is 0 Å². The van der Waals surface area contributed by atoms with Gasteiger partial charge in [-0.25, -0.2) is 0 Å². The second-order valence-corrected chi connectivity index (χ2v) is 3.99. The van der Waals surface area contributed by atoms with Crippen molar-refractivity contribution in [1.82, 2.24) is 5.32 Å². The molecule has 1 N–H and O–H groups in total. The minimum absolute atomic E-state index is 0.161. The van der Waals surface area contributed by atoms with Crippen LogP contribution >= 0.6 is 0 Å². The summed E-state index contributed by atoms with van der Waals surface area (Å²) in [6, 6.07) is 3.46. The van der Waals surface area contributed by atoms with Crippen LogP contribution in [0.4, 0.5) is 0 Å². The van der Waals surface area contributed by atoms with Crippen molar-refractivity contribution in [1.29, 1.82) is 0 Å². The molecule has 0 aliphatic heterocycles. The number of aryl methyl sites for hydroxylation is 1. The van der Waals surface area contributed by atoms with E-state index >= 15 is 0 Å². The summed E-state index contributed by atoms with van der Waals surface area (Å²) in [5.41, 5.74) is 0. The quantitative estimate of drug-likeness (QED) is 0.709. The van der Waals surface area contributed by atoms with Crippen molar-refractivity contribution in [3.8, 4) is 0 Å². The van der Waals surface area contributed by atoms with Crippen LogP contribution in [0, 0.1) is 6.92 Å². The molecule has 0 bridgehead atoms. The van der Waals surface area contributed by atoms with Gasteiger partial charge in [-0.05, 0) is 31.9 Å². The van der Waals surface area contributed by atoms with E-state index in [9.17, 15) is 4.79 Å². The summed E-state index contributed by atoms with van der Waals surface area (Å²) in [4.78, 5) is 11.5. The number of unbranched alkanes of at least 4 members (excludes halogenated alkanes) is 1. The van der Waals surface area contributed by atoms with Crippen LogP contribution < -0.4 is 5.32 Å². The molecule has 1 aromatic rings. The predicted octanol–water partition coefficient (Wildman–Crippen LogP) is 2.52. The van der Waals surface area contributed by atoms with Crippen molar-refractivity contribution >= 4 is 5.91 Å². The lowest BCUT2D eigenvalue weighted by Gasteiger charge is -2.04. The lowest BCUT2D eigenvalue weighted by atomic mass is 10.3. The summed E-state index contributed by atoms with van der Waals surface area (Å²) in [6.45, 7) is 6.07. The Morgan fingerprint density at radius 1 is 1.35 bits per heavy atom. The monoisotopic (exact) mass is 239 g/mol. The number of hydrogen-bond donors (Lipinski definition) is 1. The van der Waals surface area contributed by atoms with Gasteiger partial charge < -0.3 is 14.5 Å². The number of ether oxygens (including phenoxy) is 1. The molecule has 4 nitrogen and oxygen atoms in total. The standard InChI is InChI=1S/C13H21NO3/c1-3-4-9-16-10-5-8-14-13(15)12-7-6-11(2)17-12/h6-7H,3-5,8-10H2,1-2H3,(H,14,15). The number of rotatable bonds is 8. The van der Waals surface area contributed by atoms with Gasteiger partial charge in [-0.2, -0.15) is 0 Å². The summed E-state index contributed by atoms with van der Waals surface area (Å²) >= 11 is 0. The molecule has 0 spiro atoms. The van der Waals surface area contributed by atoms with Crippen LogP contribution in [0.1, 0.15) is 42.5 Å². The molecule has 0 aliphatic carbocycles. The number of nitrogens with one attached hydrogen (secondary N) is 1. The largest absolute Gasteiger partial charge is 0.456 e. The highest BCUT2D eigenvalue weighted by molar-refractivity contribution is 5.91. The van der Waals surface area contributed by atoms with Gasteiger partial charge in [0.1, 0.15) is 5.76 Å². The van der Waals surface area contributed by atoms with Gasteiger partial charge >= 0.3 is 0 Å². The van der Waals surface area contributed by atoms with Gasteiger partial charge in [0.15, 0.2) is 5.76 Å². The number of amides is 1. The molecule has 1 heterocycles. The maximum atomic E-state index is 11.5. The van der Waals surface area contributed by atoms with Crippen LogP contribution in [-0.4, -0.2) is 25.7 Å². The lowest BCUT2D eigenvalue weighted by molar-refractivity contribution is 0.0912. The highest BCUT2D eigenvalue weighted by atomic mass is 16.5. The van der Waals surface area contributed by atoms with E-state index in [-0.39, 0.29) is 5.91 Å². The van der Waals surface area contributed by atoms with Crippen LogP contribution in [0.5, 0.6) is 0 Å². The molecule has 0 fully saturated rings. The fraction of sp³-hybridized carbons (Fsp3) is 0.615. The molecule has 1 aromatic heterocycles. The number of hydrogen-bond acceptors (Lipinski definition) is 3. The van der Waals surface area contributed by atoms with Gasteiger partial charge in [-0.3, -0.25) is 4.79 Å². The van der Waals surface area contributed by atoms with E-state index in [0.29, 0.717) is 18.9 Å². The van der Waals surface area contributed by atoms with E-state index in [1.807, 2.05) is 6.92 Å². The normalized spacial score (nSPS) is 10.5. The summed E-state index contributed by atoms with van der Waals surface area (Å²) in [5.74, 6) is 0.958. The Hall–Kier alpha value is -1.29. The topological polar surface area (TPSA) is 51.5 Å². The van der Waals surface area contributed by atoms with E-state index in [4.69, 9.17) is 9.15 Å². The van der Waals surface area contributed by atoms with Crippen molar-refractivity contribution < 1.29 is 13.9 Å². The Morgan fingerprint density at radius 3 is 2.76 bits per heavy atom. The molecule has 0 saturated carbocycles. The van der Waals surface area contributed by atoms with Gasteiger partial charge in [0.05, 0.1) is 0 Å². The zero-order valence-electron chi connectivity index (χ0n) is 10.6. The van der Waals surface area contributed by atoms with Crippen LogP contribution in [-0.2, 0) is 4.74 Å². The van der Waals surface area contributed by atoms with Crippen LogP contribution in [0.3, 0.4) is 0 Å². The zero-order valence-corrected chi connectivity index (χ0v) is 10.6. The molecule has 4 heteroatoms. The highest BCUT2D eigenvalue weighted by Gasteiger charge is 2.08. The maximum absolute atomic E-state index is 11.5. The molecule has 0 aliphatic rings. The van der Waals surface area contributed by atoms with Gasteiger partial charge in [0, 0.05) is 19.8 Å². The molecule has 0 saturated heterocycles. The van der Waals surface area contributed by atoms with E-state index in [0.717, 1.165) is 31.6 Å². The third kappa shape index (κ3) is 5.54. The first-order chi connectivity index (χ1) is 8.24. The Bertz CT molecular complexity index is 333. The van der Waals surface area contributed by atoms with Crippen molar-refractivity contribution in [2.24, 2.45) is 0 Å². The van der Waals surface area contributed by atoms with Crippen molar-refractivity contribution in [3.63, 3.8) is 0 Å². The molecule has 0 radical (unpaired) electrons. The van der Waals surface area contributed by atoms with Crippen molar-refractivity contribution in [3.05, 3.63) is 23.7 Å². The Balaban J connectivity index is 2.05. The zero-order chi connectivity index (χ0) is 12.5. The minimum atomic E-state index is -0.161. The van der Waals surface area contributed by atoms with Gasteiger partial charge in [-0.15, -0.1) is 0 Å². The Labute approximate surface area is 102 Å². The third-order valence-corrected chi connectivity index (χ3v) is 2.36. The summed E-state index contributed by atoms with van der Waals surface area (Å²) in [5, 5.41) is 2.79. The van der Waals surface area contributed by atoms with Crippen molar-refractivity contribution in [2.75, 3.05) is 19.8 Å². The van der Waals surface area contributed by atoms with Gasteiger partial charge in [0.25, 0.3) is 5.91 Å². The first-order valence-corrected chi connectivity index (χ1v) is 6.16. The molecular weight excluding hydrogens is 218 g/mol. The first kappa shape index (κ1) is 13.8. The Morgan fingerprint density at radius 2 is 2.12 bits per heavy atom. The number of carbonyl (C=O) groups excluding carboxylic acids is 1. The van der Waals surface area contributed by atoms with Gasteiger partial charge in [-0.1, -0.05) is 13.3 Å². The average Bonchev–Trinajstić information content (AvgIpc) is 2.74. The molecule has 96 valence electrons. The first-order valence-electron chi connectivity index (χ1n) is 6.16.